The van der Waals surface area contributed by atoms with E-state index < -0.39 is 24.2 Å². The normalized spacial score (nSPS) is 16.0. The number of hydrogen-bond donors (Lipinski definition) is 1. The molecule has 3 heterocycles. The van der Waals surface area contributed by atoms with Crippen molar-refractivity contribution in [3.05, 3.63) is 119 Å². The van der Waals surface area contributed by atoms with E-state index in [2.05, 4.69) is 29.8 Å². The van der Waals surface area contributed by atoms with Crippen molar-refractivity contribution < 1.29 is 23.0 Å². The molecule has 0 bridgehead atoms. The van der Waals surface area contributed by atoms with Gasteiger partial charge in [-0.15, -0.1) is 10.2 Å². The van der Waals surface area contributed by atoms with Crippen LogP contribution in [0.1, 0.15) is 43.5 Å². The zero-order chi connectivity index (χ0) is 39.5. The summed E-state index contributed by atoms with van der Waals surface area (Å²) >= 11 is 12.9. The maximum Gasteiger partial charge on any atom is 0.334 e. The summed E-state index contributed by atoms with van der Waals surface area (Å²) in [5.74, 6) is 1.40. The van der Waals surface area contributed by atoms with Gasteiger partial charge in [0, 0.05) is 55.2 Å². The molecule has 0 spiro atoms. The van der Waals surface area contributed by atoms with Gasteiger partial charge in [-0.25, -0.2) is 9.29 Å². The van der Waals surface area contributed by atoms with Crippen LogP contribution in [0.15, 0.2) is 97.1 Å². The van der Waals surface area contributed by atoms with Crippen LogP contribution < -0.4 is 9.04 Å². The first kappa shape index (κ1) is 39.8. The Morgan fingerprint density at radius 2 is 1.66 bits per heavy atom. The molecule has 15 heteroatoms. The second kappa shape index (κ2) is 17.0. The van der Waals surface area contributed by atoms with Crippen molar-refractivity contribution in [2.75, 3.05) is 24.2 Å². The van der Waals surface area contributed by atoms with Crippen molar-refractivity contribution in [3.8, 4) is 34.1 Å². The molecule has 11 nitrogen and oxygen atoms in total. The van der Waals surface area contributed by atoms with Crippen LogP contribution in [0.2, 0.25) is 35.7 Å². The number of aliphatic hydroxyl groups excluding tert-OH is 1. The fourth-order valence-corrected chi connectivity index (χ4v) is 9.36. The summed E-state index contributed by atoms with van der Waals surface area (Å²) in [6.45, 7) is 7.46. The van der Waals surface area contributed by atoms with E-state index in [9.17, 15) is 13.5 Å². The fraction of sp³-hybridized carbons (Fsp3) is 0.341. The van der Waals surface area contributed by atoms with Crippen molar-refractivity contribution in [1.82, 2.24) is 24.1 Å². The summed E-state index contributed by atoms with van der Waals surface area (Å²) in [5, 5.41) is 20.4. The third-order valence-corrected chi connectivity index (χ3v) is 13.9. The summed E-state index contributed by atoms with van der Waals surface area (Å²) in [6.07, 6.45) is 9.77. The molecule has 0 radical (unpaired) electrons. The Hall–Kier alpha value is -4.40. The van der Waals surface area contributed by atoms with Crippen LogP contribution in [-0.2, 0) is 21.4 Å². The Kier molecular flexibility index (Phi) is 12.1. The van der Waals surface area contributed by atoms with Crippen molar-refractivity contribution in [2.45, 2.75) is 64.2 Å². The Balaban J connectivity index is 1.12. The zero-order valence-corrected chi connectivity index (χ0v) is 35.1. The highest BCUT2D eigenvalue weighted by Gasteiger charge is 2.38. The standard InChI is InChI=1S/C41H46Cl2N6O5SSi/c1-56(2,3)21-20-53-28-49-41(50)26-48(55(49,51)52)34-11-7-10-33(24-34)47-25-38(35-17-16-32(42)23-36(35)43)44-39(47)22-29-12-14-31(15-13-29)37-18-19-40(46-45-37)54-27-30-8-5-4-6-9-30/h7,10-19,23-26,30,50H,4-6,8-9,20-22,27-28H2,1-3H3. The van der Waals surface area contributed by atoms with Gasteiger partial charge in [-0.05, 0) is 72.8 Å². The number of hydrogen-bond acceptors (Lipinski definition) is 8. The lowest BCUT2D eigenvalue weighted by Crippen LogP contribution is -2.36. The Bertz CT molecular complexity index is 2290. The van der Waals surface area contributed by atoms with Gasteiger partial charge in [0.25, 0.3) is 0 Å². The van der Waals surface area contributed by atoms with Gasteiger partial charge >= 0.3 is 10.2 Å². The molecule has 56 heavy (non-hydrogen) atoms. The number of benzene rings is 3. The first-order valence-electron chi connectivity index (χ1n) is 18.8. The molecule has 3 aromatic carbocycles. The highest BCUT2D eigenvalue weighted by Crippen LogP contribution is 2.34. The van der Waals surface area contributed by atoms with Crippen LogP contribution in [0, 0.1) is 5.92 Å². The molecule has 2 aliphatic rings. The SMILES string of the molecule is C[Si](C)(C)CCOCN1C(O)=CN(c2cccc(-n3cc(-c4ccc(Cl)cc4Cl)nc3Cc3ccc(-c4ccc(OCC5CCCCC5)nn4)cc3)c2)S1(=O)=O. The molecular weight excluding hydrogens is 788 g/mol. The summed E-state index contributed by atoms with van der Waals surface area (Å²) in [4.78, 5) is 5.02. The highest BCUT2D eigenvalue weighted by molar-refractivity contribution is 7.91. The van der Waals surface area contributed by atoms with E-state index >= 15 is 0 Å². The molecule has 1 N–H and O–H groups in total. The van der Waals surface area contributed by atoms with Gasteiger partial charge in [-0.3, -0.25) is 0 Å². The number of anilines is 1. The highest BCUT2D eigenvalue weighted by atomic mass is 35.5. The molecule has 294 valence electrons. The van der Waals surface area contributed by atoms with Gasteiger partial charge in [-0.1, -0.05) is 92.4 Å². The molecule has 0 atom stereocenters. The Morgan fingerprint density at radius 3 is 2.38 bits per heavy atom. The largest absolute Gasteiger partial charge is 0.493 e. The smallest absolute Gasteiger partial charge is 0.334 e. The van der Waals surface area contributed by atoms with Crippen LogP contribution in [0.25, 0.3) is 28.2 Å². The number of halogens is 2. The molecule has 1 aliphatic heterocycles. The van der Waals surface area contributed by atoms with Gasteiger partial charge in [0.1, 0.15) is 12.6 Å². The number of aliphatic hydroxyl groups is 1. The molecule has 0 saturated heterocycles. The first-order chi connectivity index (χ1) is 26.8. The van der Waals surface area contributed by atoms with Crippen LogP contribution >= 0.6 is 23.2 Å². The molecule has 1 saturated carbocycles. The average Bonchev–Trinajstić information content (AvgIpc) is 3.69. The predicted molar refractivity (Wildman–Crippen MR) is 224 cm³/mol. The van der Waals surface area contributed by atoms with Gasteiger partial charge in [0.2, 0.25) is 11.8 Å². The summed E-state index contributed by atoms with van der Waals surface area (Å²) in [7, 11) is -5.53. The minimum atomic E-state index is -4.15. The summed E-state index contributed by atoms with van der Waals surface area (Å²) in [5.41, 5.74) is 4.97. The monoisotopic (exact) mass is 832 g/mol. The zero-order valence-electron chi connectivity index (χ0n) is 31.7. The topological polar surface area (TPSA) is 123 Å². The quantitative estimate of drug-likeness (QED) is 0.0867. The van der Waals surface area contributed by atoms with Crippen molar-refractivity contribution in [2.24, 2.45) is 5.92 Å². The molecular formula is C41H46Cl2N6O5SSi. The second-order valence-corrected chi connectivity index (χ2v) is 23.7. The molecule has 0 amide bonds. The number of nitrogens with zero attached hydrogens (tertiary/aromatic N) is 6. The maximum atomic E-state index is 13.6. The second-order valence-electron chi connectivity index (χ2n) is 15.5. The van der Waals surface area contributed by atoms with Crippen LogP contribution in [-0.4, -0.2) is 65.6 Å². The minimum Gasteiger partial charge on any atom is -0.493 e. The van der Waals surface area contributed by atoms with Crippen molar-refractivity contribution in [1.29, 1.82) is 0 Å². The third kappa shape index (κ3) is 9.41. The third-order valence-electron chi connectivity index (χ3n) is 10.0. The summed E-state index contributed by atoms with van der Waals surface area (Å²) < 4.78 is 42.8. The molecule has 1 aliphatic carbocycles. The number of imidazole rings is 1. The molecule has 7 rings (SSSR count). The molecule has 5 aromatic rings. The molecule has 2 aromatic heterocycles. The summed E-state index contributed by atoms with van der Waals surface area (Å²) in [6, 6.07) is 25.0. The van der Waals surface area contributed by atoms with Crippen molar-refractivity contribution in [3.63, 3.8) is 0 Å². The average molecular weight is 834 g/mol. The lowest BCUT2D eigenvalue weighted by molar-refractivity contribution is 0.0747. The lowest BCUT2D eigenvalue weighted by atomic mass is 9.90. The molecule has 1 fully saturated rings. The van der Waals surface area contributed by atoms with Gasteiger partial charge < -0.3 is 19.1 Å². The number of aromatic nitrogens is 4. The van der Waals surface area contributed by atoms with E-state index in [-0.39, 0.29) is 6.73 Å². The number of ether oxygens (including phenoxy) is 2. The van der Waals surface area contributed by atoms with E-state index in [1.807, 2.05) is 59.3 Å². The predicted octanol–water partition coefficient (Wildman–Crippen LogP) is 9.89. The maximum absolute atomic E-state index is 13.6. The van der Waals surface area contributed by atoms with Crippen molar-refractivity contribution >= 4 is 47.2 Å². The minimum absolute atomic E-state index is 0.284. The Labute approximate surface area is 339 Å². The van der Waals surface area contributed by atoms with Crippen LogP contribution in [0.4, 0.5) is 5.69 Å². The Morgan fingerprint density at radius 1 is 0.893 bits per heavy atom. The van der Waals surface area contributed by atoms with E-state index in [0.717, 1.165) is 31.5 Å². The number of rotatable bonds is 14. The van der Waals surface area contributed by atoms with Gasteiger partial charge in [0.05, 0.1) is 34.9 Å². The van der Waals surface area contributed by atoms with E-state index in [1.54, 1.807) is 30.3 Å². The van der Waals surface area contributed by atoms with Crippen LogP contribution in [0.3, 0.4) is 0 Å². The van der Waals surface area contributed by atoms with E-state index in [0.29, 0.717) is 69.9 Å². The fourth-order valence-electron chi connectivity index (χ4n) is 6.78. The van der Waals surface area contributed by atoms with E-state index in [1.165, 1.54) is 38.3 Å². The lowest BCUT2D eigenvalue weighted by Gasteiger charge is -2.23. The van der Waals surface area contributed by atoms with Gasteiger partial charge in [-0.2, -0.15) is 12.7 Å². The molecule has 0 unspecified atom stereocenters. The van der Waals surface area contributed by atoms with Crippen LogP contribution in [0.5, 0.6) is 5.88 Å². The first-order valence-corrected chi connectivity index (χ1v) is 24.7. The van der Waals surface area contributed by atoms with Gasteiger partial charge in [0.15, 0.2) is 0 Å². The van der Waals surface area contributed by atoms with E-state index in [4.69, 9.17) is 37.7 Å².